The van der Waals surface area contributed by atoms with E-state index in [2.05, 4.69) is 174 Å². The molecule has 0 saturated heterocycles. The molecule has 0 fully saturated rings. The SMILES string of the molecule is CC/C=C\C/C=C\C/C=C\C/C=C\C/C=C\CCCC(=O)OCC(COP(=O)(O)OCC(O)COP(=O)(O)OCC(COC(=O)CCCCCC/C=C\C/C=C\C/C=C\C/C=C\CC)OC(=O)CCCCCCCCCCCCC)OC(=O)CCCC/C=C\C/C=C\C/C=C\C/C=C\CC. The Morgan fingerprint density at radius 2 is 0.530 bits per heavy atom. The zero-order valence-corrected chi connectivity index (χ0v) is 63.6. The maximum Gasteiger partial charge on any atom is 0.472 e. The number of phosphoric acid groups is 2. The molecule has 17 nitrogen and oxygen atoms in total. The molecule has 5 atom stereocenters. The lowest BCUT2D eigenvalue weighted by Gasteiger charge is -2.21. The van der Waals surface area contributed by atoms with Crippen molar-refractivity contribution < 1.29 is 80.2 Å². The molecule has 100 heavy (non-hydrogen) atoms. The van der Waals surface area contributed by atoms with Gasteiger partial charge in [0.2, 0.25) is 0 Å². The Morgan fingerprint density at radius 1 is 0.290 bits per heavy atom. The van der Waals surface area contributed by atoms with Crippen LogP contribution in [-0.2, 0) is 65.4 Å². The second-order valence-electron chi connectivity index (χ2n) is 24.5. The third kappa shape index (κ3) is 71.1. The second-order valence-corrected chi connectivity index (χ2v) is 27.4. The minimum atomic E-state index is -5.00. The van der Waals surface area contributed by atoms with Crippen molar-refractivity contribution in [3.63, 3.8) is 0 Å². The van der Waals surface area contributed by atoms with Gasteiger partial charge in [0.15, 0.2) is 12.2 Å². The summed E-state index contributed by atoms with van der Waals surface area (Å²) < 4.78 is 68.3. The molecule has 3 N–H and O–H groups in total. The Hall–Kier alpha value is -5.32. The molecule has 0 spiro atoms. The molecular weight excluding hydrogens is 1310 g/mol. The quantitative estimate of drug-likeness (QED) is 0.0169. The highest BCUT2D eigenvalue weighted by Gasteiger charge is 2.30. The lowest BCUT2D eigenvalue weighted by atomic mass is 10.1. The normalized spacial score (nSPS) is 14.8. The molecule has 0 rings (SSSR count). The van der Waals surface area contributed by atoms with Crippen LogP contribution in [0.25, 0.3) is 0 Å². The van der Waals surface area contributed by atoms with E-state index in [0.29, 0.717) is 38.5 Å². The number of hydrogen-bond donors (Lipinski definition) is 3. The van der Waals surface area contributed by atoms with E-state index in [1.54, 1.807) is 0 Å². The van der Waals surface area contributed by atoms with Crippen molar-refractivity contribution in [2.24, 2.45) is 0 Å². The van der Waals surface area contributed by atoms with Crippen LogP contribution in [0.3, 0.4) is 0 Å². The Bertz CT molecular complexity index is 2520. The van der Waals surface area contributed by atoms with Crippen LogP contribution in [-0.4, -0.2) is 96.7 Å². The average molecular weight is 1440 g/mol. The van der Waals surface area contributed by atoms with E-state index in [0.717, 1.165) is 141 Å². The maximum atomic E-state index is 13.1. The number of unbranched alkanes of at least 4 members (excludes halogenated alkanes) is 17. The smallest absolute Gasteiger partial charge is 0.462 e. The molecule has 568 valence electrons. The van der Waals surface area contributed by atoms with Gasteiger partial charge in [-0.1, -0.05) is 263 Å². The minimum Gasteiger partial charge on any atom is -0.462 e. The number of ether oxygens (including phenoxy) is 4. The van der Waals surface area contributed by atoms with Crippen molar-refractivity contribution >= 4 is 39.5 Å². The van der Waals surface area contributed by atoms with Crippen LogP contribution in [0.4, 0.5) is 0 Å². The van der Waals surface area contributed by atoms with Crippen LogP contribution in [0.2, 0.25) is 0 Å². The van der Waals surface area contributed by atoms with Gasteiger partial charge in [-0.3, -0.25) is 37.3 Å². The minimum absolute atomic E-state index is 0.0250. The Kier molecular flexibility index (Phi) is 68.2. The highest BCUT2D eigenvalue weighted by Crippen LogP contribution is 2.45. The Balaban J connectivity index is 5.44. The highest BCUT2D eigenvalue weighted by molar-refractivity contribution is 7.47. The largest absolute Gasteiger partial charge is 0.472 e. The number of esters is 4. The summed E-state index contributed by atoms with van der Waals surface area (Å²) in [5.74, 6) is -2.33. The zero-order valence-electron chi connectivity index (χ0n) is 61.8. The summed E-state index contributed by atoms with van der Waals surface area (Å²) in [6.07, 6.45) is 82.5. The first-order chi connectivity index (χ1) is 48.7. The molecule has 5 unspecified atom stereocenters. The molecule has 0 aromatic heterocycles. The van der Waals surface area contributed by atoms with Crippen LogP contribution in [0, 0.1) is 0 Å². The van der Waals surface area contributed by atoms with Crippen molar-refractivity contribution in [3.05, 3.63) is 158 Å². The van der Waals surface area contributed by atoms with E-state index in [1.165, 1.54) is 38.5 Å². The summed E-state index contributed by atoms with van der Waals surface area (Å²) in [5, 5.41) is 10.6. The monoisotopic (exact) mass is 1440 g/mol. The molecule has 0 radical (unpaired) electrons. The maximum absolute atomic E-state index is 13.1. The first-order valence-corrected chi connectivity index (χ1v) is 40.7. The van der Waals surface area contributed by atoms with Gasteiger partial charge in [0.05, 0.1) is 26.4 Å². The number of aliphatic hydroxyl groups excluding tert-OH is 1. The van der Waals surface area contributed by atoms with Crippen LogP contribution in [0.5, 0.6) is 0 Å². The summed E-state index contributed by atoms with van der Waals surface area (Å²) in [4.78, 5) is 72.8. The lowest BCUT2D eigenvalue weighted by molar-refractivity contribution is -0.161. The summed E-state index contributed by atoms with van der Waals surface area (Å²) in [7, 11) is -9.99. The number of carbonyl (C=O) groups excluding carboxylic acids is 4. The summed E-state index contributed by atoms with van der Waals surface area (Å²) in [6.45, 7) is 4.36. The second kappa shape index (κ2) is 72.0. The molecule has 0 aromatic carbocycles. The molecule has 0 bridgehead atoms. The molecule has 0 amide bonds. The van der Waals surface area contributed by atoms with Crippen molar-refractivity contribution in [2.75, 3.05) is 39.6 Å². The van der Waals surface area contributed by atoms with Gasteiger partial charge in [-0.15, -0.1) is 0 Å². The van der Waals surface area contributed by atoms with Crippen LogP contribution < -0.4 is 0 Å². The van der Waals surface area contributed by atoms with Gasteiger partial charge in [-0.2, -0.15) is 0 Å². The van der Waals surface area contributed by atoms with Crippen molar-refractivity contribution in [3.8, 4) is 0 Å². The van der Waals surface area contributed by atoms with E-state index in [9.17, 15) is 43.2 Å². The van der Waals surface area contributed by atoms with Crippen LogP contribution in [0.1, 0.15) is 272 Å². The summed E-state index contributed by atoms with van der Waals surface area (Å²) >= 11 is 0. The predicted octanol–water partition coefficient (Wildman–Crippen LogP) is 21.7. The van der Waals surface area contributed by atoms with E-state index in [-0.39, 0.29) is 25.7 Å². The standard InChI is InChI=1S/C81H132O17P2/c1-5-9-13-17-21-25-29-32-35-37-40-42-46-49-53-57-61-65-78(83)91-71-76(97-80(85)67-63-59-55-51-45-28-24-20-16-12-8-4)73-95-99(87,88)93-69-75(82)70-94-100(89,90)96-74-77(98-81(86)68-64-60-56-52-48-44-39-34-31-27-23-19-15-11-7-3)72-92-79(84)66-62-58-54-50-47-43-41-38-36-33-30-26-22-18-14-10-6-2/h9-11,13-15,21-23,25-27,32-36,39-43,48,50,52,54,75-77,82H,5-8,12,16-20,24,28-31,37-38,44-47,49,51,53,55-74H2,1-4H3,(H,87,88)(H,89,90)/b13-9-,14-10-,15-11-,25-21-,26-22-,27-23-,35-32-,36-33-,39-34-,42-40-,43-41-,52-48-,54-50-. The summed E-state index contributed by atoms with van der Waals surface area (Å²) in [5.41, 5.74) is 0. The van der Waals surface area contributed by atoms with E-state index >= 15 is 0 Å². The zero-order chi connectivity index (χ0) is 73.2. The van der Waals surface area contributed by atoms with Crippen molar-refractivity contribution in [2.45, 2.75) is 290 Å². The van der Waals surface area contributed by atoms with Crippen LogP contribution in [0.15, 0.2) is 158 Å². The molecular formula is C81H132O17P2. The van der Waals surface area contributed by atoms with Gasteiger partial charge in [0.1, 0.15) is 19.3 Å². The third-order valence-corrected chi connectivity index (χ3v) is 16.9. The molecule has 0 saturated carbocycles. The predicted molar refractivity (Wildman–Crippen MR) is 408 cm³/mol. The Labute approximate surface area is 604 Å². The molecule has 0 aliphatic carbocycles. The number of phosphoric ester groups is 2. The van der Waals surface area contributed by atoms with Crippen molar-refractivity contribution in [1.82, 2.24) is 0 Å². The van der Waals surface area contributed by atoms with Gasteiger partial charge in [0, 0.05) is 25.7 Å². The fourth-order valence-electron chi connectivity index (χ4n) is 9.35. The summed E-state index contributed by atoms with van der Waals surface area (Å²) in [6, 6.07) is 0. The fourth-order valence-corrected chi connectivity index (χ4v) is 10.9. The van der Waals surface area contributed by atoms with E-state index < -0.39 is 97.5 Å². The van der Waals surface area contributed by atoms with E-state index in [4.69, 9.17) is 37.0 Å². The Morgan fingerprint density at radius 3 is 0.860 bits per heavy atom. The number of aliphatic hydroxyl groups is 1. The topological polar surface area (TPSA) is 237 Å². The van der Waals surface area contributed by atoms with Crippen molar-refractivity contribution in [1.29, 1.82) is 0 Å². The van der Waals surface area contributed by atoms with Gasteiger partial charge in [-0.05, 0) is 141 Å². The first-order valence-electron chi connectivity index (χ1n) is 37.7. The molecule has 0 aromatic rings. The first kappa shape index (κ1) is 94.7. The van der Waals surface area contributed by atoms with Crippen LogP contribution >= 0.6 is 15.6 Å². The average Bonchev–Trinajstić information content (AvgIpc) is 1.02. The number of allylic oxidation sites excluding steroid dienone is 26. The number of carbonyl (C=O) groups is 4. The third-order valence-electron chi connectivity index (χ3n) is 15.0. The molecule has 0 heterocycles. The van der Waals surface area contributed by atoms with Gasteiger partial charge < -0.3 is 33.8 Å². The molecule has 0 aliphatic heterocycles. The number of hydrogen-bond acceptors (Lipinski definition) is 15. The lowest BCUT2D eigenvalue weighted by Crippen LogP contribution is -2.30. The molecule has 19 heteroatoms. The van der Waals surface area contributed by atoms with E-state index in [1.807, 2.05) is 12.2 Å². The van der Waals surface area contributed by atoms with Gasteiger partial charge >= 0.3 is 39.5 Å². The van der Waals surface area contributed by atoms with Gasteiger partial charge in [0.25, 0.3) is 0 Å². The molecule has 0 aliphatic rings. The highest BCUT2D eigenvalue weighted by atomic mass is 31.2. The fraction of sp³-hybridized carbons (Fsp3) is 0.630. The number of rotatable bonds is 69. The van der Waals surface area contributed by atoms with Gasteiger partial charge in [-0.25, -0.2) is 9.13 Å².